The van der Waals surface area contributed by atoms with Gasteiger partial charge in [-0.2, -0.15) is 13.2 Å². The first kappa shape index (κ1) is 16.5. The molecule has 1 aromatic heterocycles. The van der Waals surface area contributed by atoms with E-state index in [1.54, 1.807) is 31.2 Å². The molecule has 0 amide bonds. The maximum absolute atomic E-state index is 12.7. The van der Waals surface area contributed by atoms with Crippen LogP contribution in [0.2, 0.25) is 0 Å². The SMILES string of the molecule is Cc1cccc(N=C/C(C(=O)C(F)(F)F)=C(/O)c2ccco2)c1. The number of alkyl halides is 3. The van der Waals surface area contributed by atoms with Crippen LogP contribution in [0.1, 0.15) is 11.3 Å². The van der Waals surface area contributed by atoms with Crippen LogP contribution in [-0.4, -0.2) is 23.3 Å². The molecule has 0 saturated heterocycles. The molecule has 120 valence electrons. The number of halogens is 3. The van der Waals surface area contributed by atoms with E-state index in [0.717, 1.165) is 5.56 Å². The van der Waals surface area contributed by atoms with Crippen molar-refractivity contribution in [1.29, 1.82) is 0 Å². The van der Waals surface area contributed by atoms with Crippen LogP contribution in [-0.2, 0) is 4.79 Å². The van der Waals surface area contributed by atoms with Crippen molar-refractivity contribution in [1.82, 2.24) is 0 Å². The van der Waals surface area contributed by atoms with Crippen LogP contribution in [0.3, 0.4) is 0 Å². The Morgan fingerprint density at radius 2 is 2.00 bits per heavy atom. The number of hydrogen-bond donors (Lipinski definition) is 1. The highest BCUT2D eigenvalue weighted by Crippen LogP contribution is 2.25. The van der Waals surface area contributed by atoms with Gasteiger partial charge in [-0.3, -0.25) is 9.79 Å². The van der Waals surface area contributed by atoms with Gasteiger partial charge in [0.2, 0.25) is 0 Å². The van der Waals surface area contributed by atoms with E-state index in [2.05, 4.69) is 4.99 Å². The van der Waals surface area contributed by atoms with Crippen LogP contribution in [0.5, 0.6) is 0 Å². The Balaban J connectivity index is 2.46. The number of Topliss-reactive ketones (excluding diaryl/α,β-unsaturated/α-hetero) is 1. The lowest BCUT2D eigenvalue weighted by atomic mass is 10.1. The molecule has 0 aliphatic rings. The summed E-state index contributed by atoms with van der Waals surface area (Å²) in [6.45, 7) is 1.79. The number of rotatable bonds is 4. The number of allylic oxidation sites excluding steroid dienone is 1. The standard InChI is InChI=1S/C16H12F3NO3/c1-10-4-2-5-11(8-10)20-9-12(15(22)16(17,18)19)14(21)13-6-3-7-23-13/h2-9,21H,1H3/b14-12-,20-9?. The minimum Gasteiger partial charge on any atom is -0.504 e. The quantitative estimate of drug-likeness (QED) is 0.515. The molecule has 2 aromatic rings. The van der Waals surface area contributed by atoms with E-state index in [1.165, 1.54) is 18.4 Å². The van der Waals surface area contributed by atoms with E-state index in [-0.39, 0.29) is 5.76 Å². The number of aliphatic hydroxyl groups is 1. The number of furan rings is 1. The Bertz CT molecular complexity index is 759. The number of hydrogen-bond acceptors (Lipinski definition) is 4. The maximum atomic E-state index is 12.7. The minimum atomic E-state index is -5.14. The molecule has 0 aliphatic heterocycles. The van der Waals surface area contributed by atoms with Crippen molar-refractivity contribution in [3.05, 3.63) is 59.6 Å². The van der Waals surface area contributed by atoms with E-state index in [9.17, 15) is 23.1 Å². The van der Waals surface area contributed by atoms with Gasteiger partial charge >= 0.3 is 6.18 Å². The Labute approximate surface area is 129 Å². The maximum Gasteiger partial charge on any atom is 0.455 e. The summed E-state index contributed by atoms with van der Waals surface area (Å²) in [7, 11) is 0. The zero-order chi connectivity index (χ0) is 17.0. The van der Waals surface area contributed by atoms with Crippen LogP contribution in [0.25, 0.3) is 5.76 Å². The summed E-state index contributed by atoms with van der Waals surface area (Å²) < 4.78 is 42.9. The molecule has 23 heavy (non-hydrogen) atoms. The predicted molar refractivity (Wildman–Crippen MR) is 78.6 cm³/mol. The molecule has 1 aromatic carbocycles. The van der Waals surface area contributed by atoms with Crippen LogP contribution < -0.4 is 0 Å². The summed E-state index contributed by atoms with van der Waals surface area (Å²) in [4.78, 5) is 15.3. The summed E-state index contributed by atoms with van der Waals surface area (Å²) in [6, 6.07) is 9.25. The second-order valence-corrected chi connectivity index (χ2v) is 4.66. The van der Waals surface area contributed by atoms with Crippen molar-refractivity contribution in [2.75, 3.05) is 0 Å². The zero-order valence-corrected chi connectivity index (χ0v) is 12.0. The van der Waals surface area contributed by atoms with Crippen LogP contribution in [0.15, 0.2) is 57.6 Å². The molecule has 4 nitrogen and oxygen atoms in total. The van der Waals surface area contributed by atoms with E-state index in [1.807, 2.05) is 0 Å². The fraction of sp³-hybridized carbons (Fsp3) is 0.125. The zero-order valence-electron chi connectivity index (χ0n) is 12.0. The van der Waals surface area contributed by atoms with Gasteiger partial charge in [-0.1, -0.05) is 12.1 Å². The van der Waals surface area contributed by atoms with Crippen LogP contribution in [0.4, 0.5) is 18.9 Å². The normalized spacial score (nSPS) is 13.2. The topological polar surface area (TPSA) is 62.8 Å². The summed E-state index contributed by atoms with van der Waals surface area (Å²) >= 11 is 0. The fourth-order valence-corrected chi connectivity index (χ4v) is 1.77. The molecule has 0 aliphatic carbocycles. The Morgan fingerprint density at radius 3 is 2.57 bits per heavy atom. The van der Waals surface area contributed by atoms with Crippen molar-refractivity contribution in [2.24, 2.45) is 4.99 Å². The highest BCUT2D eigenvalue weighted by molar-refractivity contribution is 6.20. The summed E-state index contributed by atoms with van der Waals surface area (Å²) in [6.07, 6.45) is -3.30. The lowest BCUT2D eigenvalue weighted by Crippen LogP contribution is -2.26. The lowest BCUT2D eigenvalue weighted by molar-refractivity contribution is -0.165. The van der Waals surface area contributed by atoms with E-state index in [0.29, 0.717) is 11.9 Å². The number of aliphatic hydroxyl groups excluding tert-OH is 1. The average molecular weight is 323 g/mol. The third kappa shape index (κ3) is 4.09. The highest BCUT2D eigenvalue weighted by Gasteiger charge is 2.42. The molecule has 0 radical (unpaired) electrons. The van der Waals surface area contributed by atoms with E-state index < -0.39 is 23.3 Å². The summed E-state index contributed by atoms with van der Waals surface area (Å²) in [5.41, 5.74) is 0.209. The largest absolute Gasteiger partial charge is 0.504 e. The number of aryl methyl sites for hydroxylation is 1. The molecule has 0 atom stereocenters. The van der Waals surface area contributed by atoms with Crippen LogP contribution in [0, 0.1) is 6.92 Å². The first-order valence-corrected chi connectivity index (χ1v) is 6.48. The molecule has 0 saturated carbocycles. The summed E-state index contributed by atoms with van der Waals surface area (Å²) in [5.74, 6) is -3.38. The van der Waals surface area contributed by atoms with Gasteiger partial charge in [0.1, 0.15) is 0 Å². The van der Waals surface area contributed by atoms with Gasteiger partial charge in [0.25, 0.3) is 5.78 Å². The van der Waals surface area contributed by atoms with Gasteiger partial charge in [0.05, 0.1) is 17.5 Å². The van der Waals surface area contributed by atoms with Crippen molar-refractivity contribution < 1.29 is 27.5 Å². The number of aliphatic imine (C=N–C) groups is 1. The molecule has 1 heterocycles. The lowest BCUT2D eigenvalue weighted by Gasteiger charge is -2.07. The van der Waals surface area contributed by atoms with E-state index >= 15 is 0 Å². The molecule has 0 unspecified atom stereocenters. The van der Waals surface area contributed by atoms with Crippen molar-refractivity contribution in [3.63, 3.8) is 0 Å². The number of carbonyl (C=O) groups excluding carboxylic acids is 1. The highest BCUT2D eigenvalue weighted by atomic mass is 19.4. The first-order valence-electron chi connectivity index (χ1n) is 6.48. The molecule has 2 rings (SSSR count). The fourth-order valence-electron chi connectivity index (χ4n) is 1.77. The van der Waals surface area contributed by atoms with Gasteiger partial charge in [-0.25, -0.2) is 0 Å². The second-order valence-electron chi connectivity index (χ2n) is 4.66. The Hall–Kier alpha value is -2.83. The average Bonchev–Trinajstić information content (AvgIpc) is 3.00. The van der Waals surface area contributed by atoms with Gasteiger partial charge in [0, 0.05) is 6.21 Å². The third-order valence-electron chi connectivity index (χ3n) is 2.86. The van der Waals surface area contributed by atoms with Gasteiger partial charge in [-0.05, 0) is 36.8 Å². The molecule has 0 spiro atoms. The molecular formula is C16H12F3NO3. The van der Waals surface area contributed by atoms with Crippen molar-refractivity contribution in [2.45, 2.75) is 13.1 Å². The van der Waals surface area contributed by atoms with Crippen molar-refractivity contribution >= 4 is 23.4 Å². The number of ketones is 1. The Kier molecular flexibility index (Phi) is 4.68. The molecule has 0 fully saturated rings. The van der Waals surface area contributed by atoms with E-state index in [4.69, 9.17) is 4.42 Å². The van der Waals surface area contributed by atoms with Crippen molar-refractivity contribution in [3.8, 4) is 0 Å². The third-order valence-corrected chi connectivity index (χ3v) is 2.86. The van der Waals surface area contributed by atoms with Crippen LogP contribution >= 0.6 is 0 Å². The number of nitrogens with zero attached hydrogens (tertiary/aromatic N) is 1. The molecule has 0 bridgehead atoms. The van der Waals surface area contributed by atoms with Gasteiger partial charge < -0.3 is 9.52 Å². The van der Waals surface area contributed by atoms with Gasteiger partial charge in [-0.15, -0.1) is 0 Å². The first-order chi connectivity index (χ1) is 10.8. The second kappa shape index (κ2) is 6.51. The predicted octanol–water partition coefficient (Wildman–Crippen LogP) is 4.39. The molecule has 7 heteroatoms. The van der Waals surface area contributed by atoms with Gasteiger partial charge in [0.15, 0.2) is 11.5 Å². The molecule has 1 N–H and O–H groups in total. The summed E-state index contributed by atoms with van der Waals surface area (Å²) in [5, 5.41) is 9.91. The molecular weight excluding hydrogens is 311 g/mol. The monoisotopic (exact) mass is 323 g/mol. The number of benzene rings is 1. The Morgan fingerprint density at radius 1 is 1.26 bits per heavy atom. The minimum absolute atomic E-state index is 0.256. The number of carbonyl (C=O) groups is 1. The smallest absolute Gasteiger partial charge is 0.455 e.